The predicted octanol–water partition coefficient (Wildman–Crippen LogP) is 4.12. The number of ether oxygens (including phenoxy) is 1. The first-order chi connectivity index (χ1) is 9.22. The van der Waals surface area contributed by atoms with Crippen LogP contribution in [0.15, 0.2) is 18.2 Å². The molecule has 1 aromatic carbocycles. The van der Waals surface area contributed by atoms with Crippen molar-refractivity contribution in [1.82, 2.24) is 0 Å². The quantitative estimate of drug-likeness (QED) is 0.867. The van der Waals surface area contributed by atoms with Gasteiger partial charge in [-0.1, -0.05) is 49.8 Å². The van der Waals surface area contributed by atoms with E-state index in [-0.39, 0.29) is 6.04 Å². The Balaban J connectivity index is 1.68. The summed E-state index contributed by atoms with van der Waals surface area (Å²) in [6.45, 7) is 2.11. The van der Waals surface area contributed by atoms with Crippen molar-refractivity contribution in [2.75, 3.05) is 0 Å². The highest BCUT2D eigenvalue weighted by molar-refractivity contribution is 5.40. The molecule has 1 saturated carbocycles. The third-order valence-electron chi connectivity index (χ3n) is 4.70. The number of hydrogen-bond acceptors (Lipinski definition) is 2. The molecule has 0 amide bonds. The Morgan fingerprint density at radius 1 is 1.21 bits per heavy atom. The van der Waals surface area contributed by atoms with Gasteiger partial charge in [0.05, 0.1) is 0 Å². The van der Waals surface area contributed by atoms with Gasteiger partial charge in [-0.15, -0.1) is 0 Å². The zero-order valence-corrected chi connectivity index (χ0v) is 11.9. The van der Waals surface area contributed by atoms with Crippen LogP contribution in [0, 0.1) is 12.8 Å². The van der Waals surface area contributed by atoms with E-state index in [4.69, 9.17) is 10.5 Å². The van der Waals surface area contributed by atoms with Crippen LogP contribution in [-0.4, -0.2) is 6.10 Å². The molecule has 1 heterocycles. The van der Waals surface area contributed by atoms with E-state index in [2.05, 4.69) is 25.1 Å². The minimum atomic E-state index is 0.150. The first-order valence-electron chi connectivity index (χ1n) is 7.75. The monoisotopic (exact) mass is 259 g/mol. The average molecular weight is 259 g/mol. The molecule has 1 aromatic rings. The maximum absolute atomic E-state index is 6.33. The van der Waals surface area contributed by atoms with Crippen molar-refractivity contribution in [2.24, 2.45) is 11.7 Å². The minimum Gasteiger partial charge on any atom is -0.490 e. The van der Waals surface area contributed by atoms with E-state index in [0.717, 1.165) is 18.1 Å². The number of aryl methyl sites for hydroxylation is 1. The molecule has 1 aliphatic carbocycles. The van der Waals surface area contributed by atoms with Gasteiger partial charge < -0.3 is 10.5 Å². The molecule has 2 nitrogen and oxygen atoms in total. The molecule has 2 N–H and O–H groups in total. The van der Waals surface area contributed by atoms with Gasteiger partial charge in [-0.3, -0.25) is 0 Å². The highest BCUT2D eigenvalue weighted by atomic mass is 16.5. The van der Waals surface area contributed by atoms with Gasteiger partial charge in [0.25, 0.3) is 0 Å². The van der Waals surface area contributed by atoms with Crippen molar-refractivity contribution >= 4 is 0 Å². The second kappa shape index (κ2) is 5.54. The SMILES string of the molecule is Cc1ccc2c(c1)[C@H](N)CC(CC1CCCCC1)O2. The normalized spacial score (nSPS) is 27.7. The molecular weight excluding hydrogens is 234 g/mol. The summed E-state index contributed by atoms with van der Waals surface area (Å²) >= 11 is 0. The summed E-state index contributed by atoms with van der Waals surface area (Å²) in [5.74, 6) is 1.88. The smallest absolute Gasteiger partial charge is 0.124 e. The van der Waals surface area contributed by atoms with Crippen LogP contribution in [0.3, 0.4) is 0 Å². The van der Waals surface area contributed by atoms with Crippen molar-refractivity contribution in [3.05, 3.63) is 29.3 Å². The molecule has 3 rings (SSSR count). The molecular formula is C17H25NO. The zero-order chi connectivity index (χ0) is 13.2. The Kier molecular flexibility index (Phi) is 3.79. The number of nitrogens with two attached hydrogens (primary N) is 1. The summed E-state index contributed by atoms with van der Waals surface area (Å²) in [6, 6.07) is 6.54. The van der Waals surface area contributed by atoms with Crippen LogP contribution in [0.25, 0.3) is 0 Å². The molecule has 0 radical (unpaired) electrons. The topological polar surface area (TPSA) is 35.2 Å². The Morgan fingerprint density at radius 2 is 2.00 bits per heavy atom. The van der Waals surface area contributed by atoms with Crippen molar-refractivity contribution in [3.8, 4) is 5.75 Å². The lowest BCUT2D eigenvalue weighted by Gasteiger charge is -2.33. The second-order valence-corrected chi connectivity index (χ2v) is 6.36. The molecule has 1 fully saturated rings. The van der Waals surface area contributed by atoms with Crippen molar-refractivity contribution in [1.29, 1.82) is 0 Å². The average Bonchev–Trinajstić information content (AvgIpc) is 2.41. The summed E-state index contributed by atoms with van der Waals surface area (Å²) in [5, 5.41) is 0. The van der Waals surface area contributed by atoms with E-state index in [1.54, 1.807) is 0 Å². The van der Waals surface area contributed by atoms with Gasteiger partial charge in [0.15, 0.2) is 0 Å². The Hall–Kier alpha value is -1.02. The molecule has 0 spiro atoms. The lowest BCUT2D eigenvalue weighted by molar-refractivity contribution is 0.120. The summed E-state index contributed by atoms with van der Waals surface area (Å²) < 4.78 is 6.18. The van der Waals surface area contributed by atoms with Crippen LogP contribution in [0.2, 0.25) is 0 Å². The number of rotatable bonds is 2. The van der Waals surface area contributed by atoms with Gasteiger partial charge >= 0.3 is 0 Å². The standard InChI is InChI=1S/C17H25NO/c1-12-7-8-17-15(9-12)16(18)11-14(19-17)10-13-5-3-2-4-6-13/h7-9,13-14,16H,2-6,10-11,18H2,1H3/t14?,16-/m1/s1. The van der Waals surface area contributed by atoms with Gasteiger partial charge in [-0.25, -0.2) is 0 Å². The van der Waals surface area contributed by atoms with Crippen molar-refractivity contribution in [2.45, 2.75) is 64.0 Å². The third kappa shape index (κ3) is 2.94. The van der Waals surface area contributed by atoms with Crippen LogP contribution < -0.4 is 10.5 Å². The van der Waals surface area contributed by atoms with Crippen LogP contribution in [-0.2, 0) is 0 Å². The predicted molar refractivity (Wildman–Crippen MR) is 78.3 cm³/mol. The van der Waals surface area contributed by atoms with Crippen LogP contribution in [0.5, 0.6) is 5.75 Å². The summed E-state index contributed by atoms with van der Waals surface area (Å²) in [7, 11) is 0. The molecule has 2 heteroatoms. The summed E-state index contributed by atoms with van der Waals surface area (Å²) in [4.78, 5) is 0. The van der Waals surface area contributed by atoms with Gasteiger partial charge in [-0.2, -0.15) is 0 Å². The van der Waals surface area contributed by atoms with E-state index >= 15 is 0 Å². The molecule has 2 aliphatic rings. The molecule has 0 saturated heterocycles. The van der Waals surface area contributed by atoms with E-state index in [9.17, 15) is 0 Å². The highest BCUT2D eigenvalue weighted by Gasteiger charge is 2.28. The molecule has 2 atom stereocenters. The maximum Gasteiger partial charge on any atom is 0.124 e. The lowest BCUT2D eigenvalue weighted by Crippen LogP contribution is -2.31. The van der Waals surface area contributed by atoms with Crippen LogP contribution in [0.4, 0.5) is 0 Å². The lowest BCUT2D eigenvalue weighted by atomic mass is 9.83. The fourth-order valence-corrected chi connectivity index (χ4v) is 3.64. The van der Waals surface area contributed by atoms with Gasteiger partial charge in [0.2, 0.25) is 0 Å². The van der Waals surface area contributed by atoms with Gasteiger partial charge in [-0.05, 0) is 25.3 Å². The Bertz CT molecular complexity index is 437. The number of hydrogen-bond donors (Lipinski definition) is 1. The first kappa shape index (κ1) is 13.0. The zero-order valence-electron chi connectivity index (χ0n) is 11.9. The maximum atomic E-state index is 6.33. The molecule has 1 aliphatic heterocycles. The number of fused-ring (bicyclic) bond motifs is 1. The Labute approximate surface area is 116 Å². The van der Waals surface area contributed by atoms with E-state index in [0.29, 0.717) is 6.10 Å². The number of benzene rings is 1. The largest absolute Gasteiger partial charge is 0.490 e. The van der Waals surface area contributed by atoms with Gasteiger partial charge in [0.1, 0.15) is 11.9 Å². The van der Waals surface area contributed by atoms with Crippen molar-refractivity contribution < 1.29 is 4.74 Å². The molecule has 1 unspecified atom stereocenters. The van der Waals surface area contributed by atoms with Gasteiger partial charge in [0, 0.05) is 18.0 Å². The summed E-state index contributed by atoms with van der Waals surface area (Å²) in [5.41, 5.74) is 8.79. The highest BCUT2D eigenvalue weighted by Crippen LogP contribution is 2.37. The fraction of sp³-hybridized carbons (Fsp3) is 0.647. The Morgan fingerprint density at radius 3 is 2.79 bits per heavy atom. The van der Waals surface area contributed by atoms with Crippen LogP contribution >= 0.6 is 0 Å². The van der Waals surface area contributed by atoms with Crippen LogP contribution in [0.1, 0.15) is 62.1 Å². The van der Waals surface area contributed by atoms with E-state index < -0.39 is 0 Å². The minimum absolute atomic E-state index is 0.150. The molecule has 19 heavy (non-hydrogen) atoms. The molecule has 0 aromatic heterocycles. The molecule has 0 bridgehead atoms. The summed E-state index contributed by atoms with van der Waals surface area (Å²) in [6.07, 6.45) is 9.50. The molecule has 104 valence electrons. The second-order valence-electron chi connectivity index (χ2n) is 6.36. The third-order valence-corrected chi connectivity index (χ3v) is 4.70. The van der Waals surface area contributed by atoms with E-state index in [1.807, 2.05) is 0 Å². The van der Waals surface area contributed by atoms with E-state index in [1.165, 1.54) is 49.7 Å². The van der Waals surface area contributed by atoms with Crippen molar-refractivity contribution in [3.63, 3.8) is 0 Å². The fourth-order valence-electron chi connectivity index (χ4n) is 3.64. The first-order valence-corrected chi connectivity index (χ1v) is 7.75.